The summed E-state index contributed by atoms with van der Waals surface area (Å²) < 4.78 is 4.77. The highest BCUT2D eigenvalue weighted by Crippen LogP contribution is 2.22. The summed E-state index contributed by atoms with van der Waals surface area (Å²) in [6.45, 7) is 1.09. The number of aryl methyl sites for hydroxylation is 1. The number of amides is 3. The molecule has 0 aliphatic carbocycles. The molecule has 1 heterocycles. The first-order valence-corrected chi connectivity index (χ1v) is 6.05. The van der Waals surface area contributed by atoms with Crippen molar-refractivity contribution in [3.05, 3.63) is 23.8 Å². The van der Waals surface area contributed by atoms with Crippen LogP contribution in [-0.2, 0) is 19.1 Å². The summed E-state index contributed by atoms with van der Waals surface area (Å²) in [7, 11) is 0. The molecule has 3 amide bonds. The third kappa shape index (κ3) is 2.94. The van der Waals surface area contributed by atoms with Gasteiger partial charge in [-0.25, -0.2) is 0 Å². The molecule has 0 spiro atoms. The molecule has 1 aromatic rings. The van der Waals surface area contributed by atoms with Crippen LogP contribution < -0.4 is 11.1 Å². The zero-order valence-electron chi connectivity index (χ0n) is 11.0. The molecular weight excluding hydrogens is 262 g/mol. The number of hydrogen-bond acceptors (Lipinski definition) is 5. The molecule has 0 aromatic heterocycles. The van der Waals surface area contributed by atoms with Crippen molar-refractivity contribution in [2.75, 3.05) is 30.8 Å². The molecule has 1 aliphatic rings. The van der Waals surface area contributed by atoms with Crippen molar-refractivity contribution in [2.24, 2.45) is 0 Å². The van der Waals surface area contributed by atoms with Gasteiger partial charge in [0.1, 0.15) is 19.8 Å². The van der Waals surface area contributed by atoms with Gasteiger partial charge in [0.05, 0.1) is 11.4 Å². The molecule has 0 saturated carbocycles. The Morgan fingerprint density at radius 3 is 2.60 bits per heavy atom. The Morgan fingerprint density at radius 1 is 1.35 bits per heavy atom. The molecule has 2 rings (SSSR count). The van der Waals surface area contributed by atoms with Crippen molar-refractivity contribution in [3.8, 4) is 0 Å². The van der Waals surface area contributed by atoms with E-state index in [1.54, 1.807) is 25.1 Å². The van der Waals surface area contributed by atoms with Gasteiger partial charge >= 0.3 is 0 Å². The number of para-hydroxylation sites is 1. The van der Waals surface area contributed by atoms with Gasteiger partial charge in [0, 0.05) is 0 Å². The minimum absolute atomic E-state index is 0.189. The third-order valence-electron chi connectivity index (χ3n) is 2.92. The summed E-state index contributed by atoms with van der Waals surface area (Å²) in [5.41, 5.74) is 7.50. The minimum Gasteiger partial charge on any atom is -0.397 e. The molecule has 7 nitrogen and oxygen atoms in total. The molecule has 1 aromatic carbocycles. The van der Waals surface area contributed by atoms with Crippen LogP contribution in [0.4, 0.5) is 11.4 Å². The van der Waals surface area contributed by atoms with Crippen LogP contribution in [0, 0.1) is 6.92 Å². The first kappa shape index (κ1) is 14.0. The van der Waals surface area contributed by atoms with E-state index in [4.69, 9.17) is 10.5 Å². The van der Waals surface area contributed by atoms with E-state index in [-0.39, 0.29) is 19.8 Å². The number of ether oxygens (including phenoxy) is 1. The monoisotopic (exact) mass is 277 g/mol. The summed E-state index contributed by atoms with van der Waals surface area (Å²) in [5, 5.41) is 2.62. The smallest absolute Gasteiger partial charge is 0.255 e. The normalized spacial score (nSPS) is 15.3. The largest absolute Gasteiger partial charge is 0.397 e. The second-order valence-corrected chi connectivity index (χ2v) is 4.45. The van der Waals surface area contributed by atoms with E-state index in [0.29, 0.717) is 11.4 Å². The van der Waals surface area contributed by atoms with Gasteiger partial charge in [-0.15, -0.1) is 0 Å². The Balaban J connectivity index is 2.06. The predicted octanol–water partition coefficient (Wildman–Crippen LogP) is -0.0989. The number of nitrogens with zero attached hydrogens (tertiary/aromatic N) is 1. The maximum absolute atomic E-state index is 11.9. The summed E-state index contributed by atoms with van der Waals surface area (Å²) in [6.07, 6.45) is 0. The molecule has 0 radical (unpaired) electrons. The highest BCUT2D eigenvalue weighted by atomic mass is 16.5. The molecule has 3 N–H and O–H groups in total. The summed E-state index contributed by atoms with van der Waals surface area (Å²) in [4.78, 5) is 35.8. The quantitative estimate of drug-likeness (QED) is 0.593. The van der Waals surface area contributed by atoms with Crippen molar-refractivity contribution >= 4 is 29.1 Å². The number of rotatable bonds is 3. The lowest BCUT2D eigenvalue weighted by molar-refractivity contribution is -0.159. The van der Waals surface area contributed by atoms with Gasteiger partial charge < -0.3 is 15.8 Å². The first-order chi connectivity index (χ1) is 9.49. The summed E-state index contributed by atoms with van der Waals surface area (Å²) in [5.74, 6) is -1.52. The van der Waals surface area contributed by atoms with Crippen molar-refractivity contribution in [3.63, 3.8) is 0 Å². The lowest BCUT2D eigenvalue weighted by Crippen LogP contribution is -2.49. The topological polar surface area (TPSA) is 102 Å². The maximum atomic E-state index is 11.9. The van der Waals surface area contributed by atoms with Crippen molar-refractivity contribution in [2.45, 2.75) is 6.92 Å². The number of anilines is 2. The fourth-order valence-corrected chi connectivity index (χ4v) is 1.88. The van der Waals surface area contributed by atoms with E-state index in [1.807, 2.05) is 0 Å². The molecule has 106 valence electrons. The molecule has 1 aliphatic heterocycles. The molecule has 0 atom stereocenters. The standard InChI is InChI=1S/C13H15N3O4/c1-8-3-2-4-9(14)13(8)15-10(17)5-16-11(18)6-20-7-12(16)19/h2-4H,5-7,14H2,1H3,(H,15,17). The zero-order valence-corrected chi connectivity index (χ0v) is 11.0. The van der Waals surface area contributed by atoms with Gasteiger partial charge in [0.25, 0.3) is 11.8 Å². The second kappa shape index (κ2) is 5.70. The van der Waals surface area contributed by atoms with E-state index in [1.165, 1.54) is 0 Å². The van der Waals surface area contributed by atoms with Gasteiger partial charge in [-0.05, 0) is 18.6 Å². The first-order valence-electron chi connectivity index (χ1n) is 6.05. The van der Waals surface area contributed by atoms with Crippen LogP contribution >= 0.6 is 0 Å². The molecule has 0 bridgehead atoms. The Hall–Kier alpha value is -2.41. The number of nitrogens with two attached hydrogens (primary N) is 1. The van der Waals surface area contributed by atoms with Gasteiger partial charge in [-0.2, -0.15) is 0 Å². The SMILES string of the molecule is Cc1cccc(N)c1NC(=O)CN1C(=O)COCC1=O. The van der Waals surface area contributed by atoms with Gasteiger partial charge in [0.2, 0.25) is 5.91 Å². The van der Waals surface area contributed by atoms with E-state index in [9.17, 15) is 14.4 Å². The Bertz CT molecular complexity index is 534. The van der Waals surface area contributed by atoms with Crippen LogP contribution in [0.15, 0.2) is 18.2 Å². The average Bonchev–Trinajstić information content (AvgIpc) is 2.39. The number of imide groups is 1. The third-order valence-corrected chi connectivity index (χ3v) is 2.92. The number of benzene rings is 1. The number of carbonyl (C=O) groups is 3. The summed E-state index contributed by atoms with van der Waals surface area (Å²) in [6, 6.07) is 5.24. The molecular formula is C13H15N3O4. The summed E-state index contributed by atoms with van der Waals surface area (Å²) >= 11 is 0. The number of hydrogen-bond donors (Lipinski definition) is 2. The zero-order chi connectivity index (χ0) is 14.7. The molecule has 20 heavy (non-hydrogen) atoms. The van der Waals surface area contributed by atoms with Crippen LogP contribution in [0.5, 0.6) is 0 Å². The van der Waals surface area contributed by atoms with E-state index < -0.39 is 17.7 Å². The number of nitrogens with one attached hydrogen (secondary N) is 1. The lowest BCUT2D eigenvalue weighted by Gasteiger charge is -2.24. The van der Waals surface area contributed by atoms with Crippen LogP contribution in [-0.4, -0.2) is 42.4 Å². The fourth-order valence-electron chi connectivity index (χ4n) is 1.88. The van der Waals surface area contributed by atoms with Crippen LogP contribution in [0.1, 0.15) is 5.56 Å². The molecule has 0 unspecified atom stereocenters. The Morgan fingerprint density at radius 2 is 2.00 bits per heavy atom. The molecule has 1 fully saturated rings. The van der Waals surface area contributed by atoms with E-state index in [2.05, 4.69) is 5.32 Å². The molecule has 1 saturated heterocycles. The number of carbonyl (C=O) groups excluding carboxylic acids is 3. The van der Waals surface area contributed by atoms with Gasteiger partial charge in [-0.3, -0.25) is 19.3 Å². The number of nitrogen functional groups attached to an aromatic ring is 1. The highest BCUT2D eigenvalue weighted by molar-refractivity contribution is 6.04. The van der Waals surface area contributed by atoms with Crippen LogP contribution in [0.3, 0.4) is 0 Å². The molecule has 7 heteroatoms. The fraction of sp³-hybridized carbons (Fsp3) is 0.308. The number of morpholine rings is 1. The second-order valence-electron chi connectivity index (χ2n) is 4.45. The average molecular weight is 277 g/mol. The van der Waals surface area contributed by atoms with E-state index in [0.717, 1.165) is 10.5 Å². The van der Waals surface area contributed by atoms with Crippen molar-refractivity contribution < 1.29 is 19.1 Å². The highest BCUT2D eigenvalue weighted by Gasteiger charge is 2.28. The Kier molecular flexibility index (Phi) is 3.99. The van der Waals surface area contributed by atoms with Crippen molar-refractivity contribution in [1.82, 2.24) is 4.90 Å². The predicted molar refractivity (Wildman–Crippen MR) is 71.8 cm³/mol. The van der Waals surface area contributed by atoms with Crippen LogP contribution in [0.25, 0.3) is 0 Å². The minimum atomic E-state index is -0.519. The maximum Gasteiger partial charge on any atom is 0.255 e. The van der Waals surface area contributed by atoms with E-state index >= 15 is 0 Å². The lowest BCUT2D eigenvalue weighted by atomic mass is 10.1. The van der Waals surface area contributed by atoms with Gasteiger partial charge in [0.15, 0.2) is 0 Å². The van der Waals surface area contributed by atoms with Crippen LogP contribution in [0.2, 0.25) is 0 Å². The van der Waals surface area contributed by atoms with Crippen molar-refractivity contribution in [1.29, 1.82) is 0 Å². The van der Waals surface area contributed by atoms with Gasteiger partial charge in [-0.1, -0.05) is 12.1 Å². The Labute approximate surface area is 115 Å².